The van der Waals surface area contributed by atoms with Gasteiger partial charge in [0, 0.05) is 24.1 Å². The predicted octanol–water partition coefficient (Wildman–Crippen LogP) is 2.90. The Kier molecular flexibility index (Phi) is 3.10. The topological polar surface area (TPSA) is 53.4 Å². The fourth-order valence-corrected chi connectivity index (χ4v) is 2.42. The molecule has 3 nitrogen and oxygen atoms in total. The average Bonchev–Trinajstić information content (AvgIpc) is 2.70. The molecule has 1 aromatic carbocycles. The number of hydrogen-bond donors (Lipinski definition) is 2. The Bertz CT molecular complexity index is 468. The third-order valence-corrected chi connectivity index (χ3v) is 3.31. The van der Waals surface area contributed by atoms with Crippen LogP contribution in [0, 0.1) is 0 Å². The van der Waals surface area contributed by atoms with Crippen LogP contribution in [0.1, 0.15) is 23.4 Å². The van der Waals surface area contributed by atoms with Gasteiger partial charge < -0.3 is 10.2 Å². The summed E-state index contributed by atoms with van der Waals surface area (Å²) in [6, 6.07) is 4.71. The van der Waals surface area contributed by atoms with Crippen LogP contribution in [0.15, 0.2) is 29.8 Å². The number of nitrogens with zero attached hydrogens (tertiary/aromatic N) is 1. The van der Waals surface area contributed by atoms with E-state index in [4.69, 9.17) is 0 Å². The second-order valence-electron chi connectivity index (χ2n) is 3.77. The van der Waals surface area contributed by atoms with Crippen molar-refractivity contribution in [3.05, 3.63) is 40.3 Å². The standard InChI is InChI=1S/C12H13NO2S/c1-8(6-12-13-4-5-16-12)10-3-2-9(14)7-11(10)15/h2-5,7-8,14-15H,6H2,1H3. The fourth-order valence-electron chi connectivity index (χ4n) is 1.67. The third-order valence-electron chi connectivity index (χ3n) is 2.51. The first-order valence-electron chi connectivity index (χ1n) is 5.07. The molecule has 0 radical (unpaired) electrons. The zero-order valence-corrected chi connectivity index (χ0v) is 9.74. The number of phenols is 2. The number of phenolic OH excluding ortho intramolecular Hbond substituents is 2. The van der Waals surface area contributed by atoms with E-state index in [1.54, 1.807) is 29.7 Å². The highest BCUT2D eigenvalue weighted by molar-refractivity contribution is 7.09. The Morgan fingerprint density at radius 2 is 2.19 bits per heavy atom. The molecular formula is C12H13NO2S. The van der Waals surface area contributed by atoms with E-state index in [-0.39, 0.29) is 17.4 Å². The van der Waals surface area contributed by atoms with Crippen molar-refractivity contribution in [2.45, 2.75) is 19.3 Å². The summed E-state index contributed by atoms with van der Waals surface area (Å²) in [6.45, 7) is 2.04. The molecule has 0 aliphatic heterocycles. The van der Waals surface area contributed by atoms with Gasteiger partial charge in [0.25, 0.3) is 0 Å². The highest BCUT2D eigenvalue weighted by Crippen LogP contribution is 2.31. The van der Waals surface area contributed by atoms with Gasteiger partial charge in [0.2, 0.25) is 0 Å². The van der Waals surface area contributed by atoms with Gasteiger partial charge in [-0.25, -0.2) is 4.98 Å². The van der Waals surface area contributed by atoms with E-state index in [9.17, 15) is 10.2 Å². The minimum Gasteiger partial charge on any atom is -0.508 e. The summed E-state index contributed by atoms with van der Waals surface area (Å²) in [5, 5.41) is 21.9. The first-order valence-corrected chi connectivity index (χ1v) is 5.95. The van der Waals surface area contributed by atoms with Crippen LogP contribution in [0.25, 0.3) is 0 Å². The number of aromatic hydroxyl groups is 2. The van der Waals surface area contributed by atoms with Crippen LogP contribution in [-0.2, 0) is 6.42 Å². The molecule has 0 fully saturated rings. The molecule has 1 aromatic heterocycles. The van der Waals surface area contributed by atoms with Gasteiger partial charge in [-0.05, 0) is 17.5 Å². The predicted molar refractivity (Wildman–Crippen MR) is 64.0 cm³/mol. The van der Waals surface area contributed by atoms with Crippen molar-refractivity contribution < 1.29 is 10.2 Å². The molecule has 2 aromatic rings. The Morgan fingerprint density at radius 1 is 1.38 bits per heavy atom. The van der Waals surface area contributed by atoms with Gasteiger partial charge in [-0.15, -0.1) is 11.3 Å². The lowest BCUT2D eigenvalue weighted by molar-refractivity contribution is 0.442. The minimum absolute atomic E-state index is 0.0858. The van der Waals surface area contributed by atoms with Gasteiger partial charge in [0.1, 0.15) is 11.5 Å². The molecule has 4 heteroatoms. The first kappa shape index (κ1) is 11.0. The number of rotatable bonds is 3. The van der Waals surface area contributed by atoms with Gasteiger partial charge >= 0.3 is 0 Å². The Balaban J connectivity index is 2.17. The van der Waals surface area contributed by atoms with Crippen molar-refractivity contribution in [3.8, 4) is 11.5 Å². The van der Waals surface area contributed by atoms with Crippen LogP contribution in [0.2, 0.25) is 0 Å². The smallest absolute Gasteiger partial charge is 0.122 e. The molecular weight excluding hydrogens is 222 g/mol. The molecule has 0 aliphatic rings. The van der Waals surface area contributed by atoms with Gasteiger partial charge in [0.05, 0.1) is 5.01 Å². The van der Waals surface area contributed by atoms with Crippen molar-refractivity contribution in [2.75, 3.05) is 0 Å². The van der Waals surface area contributed by atoms with E-state index in [1.165, 1.54) is 6.07 Å². The number of hydrogen-bond acceptors (Lipinski definition) is 4. The summed E-state index contributed by atoms with van der Waals surface area (Å²) in [5.74, 6) is 0.415. The molecule has 0 amide bonds. The molecule has 1 heterocycles. The summed E-state index contributed by atoms with van der Waals surface area (Å²) in [4.78, 5) is 4.22. The van der Waals surface area contributed by atoms with E-state index >= 15 is 0 Å². The lowest BCUT2D eigenvalue weighted by Crippen LogP contribution is -1.98. The molecule has 2 N–H and O–H groups in total. The van der Waals surface area contributed by atoms with Crippen LogP contribution < -0.4 is 0 Å². The van der Waals surface area contributed by atoms with Crippen molar-refractivity contribution in [3.63, 3.8) is 0 Å². The maximum atomic E-state index is 9.71. The van der Waals surface area contributed by atoms with Crippen LogP contribution in [0.5, 0.6) is 11.5 Å². The van der Waals surface area contributed by atoms with Crippen molar-refractivity contribution in [1.29, 1.82) is 0 Å². The highest BCUT2D eigenvalue weighted by Gasteiger charge is 2.12. The number of thiazole rings is 1. The molecule has 0 aliphatic carbocycles. The van der Waals surface area contributed by atoms with Crippen molar-refractivity contribution in [1.82, 2.24) is 4.98 Å². The molecule has 16 heavy (non-hydrogen) atoms. The van der Waals surface area contributed by atoms with E-state index in [0.717, 1.165) is 17.0 Å². The van der Waals surface area contributed by atoms with E-state index < -0.39 is 0 Å². The van der Waals surface area contributed by atoms with Gasteiger partial charge in [-0.1, -0.05) is 13.0 Å². The van der Waals surface area contributed by atoms with Gasteiger partial charge in [-0.2, -0.15) is 0 Å². The lowest BCUT2D eigenvalue weighted by atomic mass is 9.97. The van der Waals surface area contributed by atoms with E-state index in [0.29, 0.717) is 0 Å². The molecule has 84 valence electrons. The largest absolute Gasteiger partial charge is 0.508 e. The summed E-state index contributed by atoms with van der Waals surface area (Å²) >= 11 is 1.61. The maximum Gasteiger partial charge on any atom is 0.122 e. The second-order valence-corrected chi connectivity index (χ2v) is 4.75. The normalized spacial score (nSPS) is 12.6. The number of aromatic nitrogens is 1. The summed E-state index contributed by atoms with van der Waals surface area (Å²) in [7, 11) is 0. The second kappa shape index (κ2) is 4.53. The Labute approximate surface area is 98.0 Å². The van der Waals surface area contributed by atoms with Crippen molar-refractivity contribution in [2.24, 2.45) is 0 Å². The minimum atomic E-state index is 0.0858. The van der Waals surface area contributed by atoms with Gasteiger partial charge in [0.15, 0.2) is 0 Å². The monoisotopic (exact) mass is 235 g/mol. The quantitative estimate of drug-likeness (QED) is 0.860. The zero-order valence-electron chi connectivity index (χ0n) is 8.92. The Morgan fingerprint density at radius 3 is 2.81 bits per heavy atom. The van der Waals surface area contributed by atoms with E-state index in [1.807, 2.05) is 12.3 Å². The number of benzene rings is 1. The first-order chi connectivity index (χ1) is 7.66. The third kappa shape index (κ3) is 2.33. The Hall–Kier alpha value is -1.55. The molecule has 1 unspecified atom stereocenters. The molecule has 0 bridgehead atoms. The summed E-state index contributed by atoms with van der Waals surface area (Å²) < 4.78 is 0. The van der Waals surface area contributed by atoms with Crippen LogP contribution in [-0.4, -0.2) is 15.2 Å². The zero-order chi connectivity index (χ0) is 11.5. The molecule has 2 rings (SSSR count). The molecule has 0 saturated heterocycles. The van der Waals surface area contributed by atoms with Gasteiger partial charge in [-0.3, -0.25) is 0 Å². The van der Waals surface area contributed by atoms with Crippen molar-refractivity contribution >= 4 is 11.3 Å². The highest BCUT2D eigenvalue weighted by atomic mass is 32.1. The molecule has 1 atom stereocenters. The SMILES string of the molecule is CC(Cc1nccs1)c1ccc(O)cc1O. The average molecular weight is 235 g/mol. The lowest BCUT2D eigenvalue weighted by Gasteiger charge is -2.12. The molecule has 0 spiro atoms. The fraction of sp³-hybridized carbons (Fsp3) is 0.250. The summed E-state index contributed by atoms with van der Waals surface area (Å²) in [6.07, 6.45) is 2.58. The van der Waals surface area contributed by atoms with E-state index in [2.05, 4.69) is 4.98 Å². The van der Waals surface area contributed by atoms with Crippen LogP contribution in [0.3, 0.4) is 0 Å². The van der Waals surface area contributed by atoms with Crippen LogP contribution >= 0.6 is 11.3 Å². The maximum absolute atomic E-state index is 9.71. The van der Waals surface area contributed by atoms with Crippen LogP contribution in [0.4, 0.5) is 0 Å². The summed E-state index contributed by atoms with van der Waals surface area (Å²) in [5.41, 5.74) is 0.841. The molecule has 0 saturated carbocycles.